The van der Waals surface area contributed by atoms with Gasteiger partial charge in [-0.15, -0.1) is 0 Å². The minimum absolute atomic E-state index is 0.153. The van der Waals surface area contributed by atoms with Crippen molar-refractivity contribution in [2.24, 2.45) is 0 Å². The molecule has 0 radical (unpaired) electrons. The fourth-order valence-electron chi connectivity index (χ4n) is 2.68. The van der Waals surface area contributed by atoms with Crippen LogP contribution >= 0.6 is 0 Å². The van der Waals surface area contributed by atoms with E-state index in [0.29, 0.717) is 5.75 Å². The number of aromatic hydroxyl groups is 1. The maximum absolute atomic E-state index is 9.92. The van der Waals surface area contributed by atoms with Crippen LogP contribution in [0, 0.1) is 0 Å². The molecule has 0 spiro atoms. The summed E-state index contributed by atoms with van der Waals surface area (Å²) in [7, 11) is 0. The Labute approximate surface area is 116 Å². The van der Waals surface area contributed by atoms with Crippen molar-refractivity contribution >= 4 is 0 Å². The third-order valence-electron chi connectivity index (χ3n) is 3.88. The predicted molar refractivity (Wildman–Crippen MR) is 78.5 cm³/mol. The average molecular weight is 262 g/mol. The van der Waals surface area contributed by atoms with Gasteiger partial charge in [0.25, 0.3) is 0 Å². The Bertz CT molecular complexity index is 383. The van der Waals surface area contributed by atoms with Crippen LogP contribution in [0.1, 0.15) is 69.1 Å². The second-order valence-electron chi connectivity index (χ2n) is 5.54. The van der Waals surface area contributed by atoms with E-state index < -0.39 is 0 Å². The Kier molecular flexibility index (Phi) is 5.71. The number of aryl methyl sites for hydroxylation is 1. The molecule has 1 aliphatic heterocycles. The molecular formula is C17H26O2. The highest BCUT2D eigenvalue weighted by Gasteiger charge is 2.29. The van der Waals surface area contributed by atoms with E-state index in [1.807, 2.05) is 6.07 Å². The minimum Gasteiger partial charge on any atom is -0.508 e. The molecule has 1 atom stereocenters. The lowest BCUT2D eigenvalue weighted by molar-refractivity contribution is 0.398. The smallest absolute Gasteiger partial charge is 0.121 e. The molecule has 2 nitrogen and oxygen atoms in total. The Morgan fingerprint density at radius 1 is 1.11 bits per heavy atom. The number of hydrogen-bond donors (Lipinski definition) is 1. The minimum atomic E-state index is 0.153. The molecule has 0 saturated carbocycles. The van der Waals surface area contributed by atoms with Gasteiger partial charge in [-0.3, -0.25) is 0 Å². The molecule has 2 heteroatoms. The Morgan fingerprint density at radius 3 is 2.47 bits per heavy atom. The molecule has 0 amide bonds. The third kappa shape index (κ3) is 4.54. The zero-order valence-corrected chi connectivity index (χ0v) is 12.0. The van der Waals surface area contributed by atoms with E-state index in [-0.39, 0.29) is 6.10 Å². The first-order valence-corrected chi connectivity index (χ1v) is 7.75. The number of phenolic OH excluding ortho intramolecular Hbond substituents is 1. The number of hydrogen-bond acceptors (Lipinski definition) is 2. The number of ether oxygens (including phenoxy) is 1. The summed E-state index contributed by atoms with van der Waals surface area (Å²) in [5.74, 6) is 0.406. The molecule has 1 unspecified atom stereocenters. The summed E-state index contributed by atoms with van der Waals surface area (Å²) in [6.45, 7) is 3.02. The second-order valence-corrected chi connectivity index (χ2v) is 5.54. The Hall–Kier alpha value is -1.02. The normalized spacial score (nSPS) is 17.6. The lowest BCUT2D eigenvalue weighted by Crippen LogP contribution is -1.94. The number of rotatable bonds is 9. The molecular weight excluding hydrogens is 236 g/mol. The van der Waals surface area contributed by atoms with Crippen LogP contribution in [-0.2, 0) is 11.2 Å². The largest absolute Gasteiger partial charge is 0.508 e. The van der Waals surface area contributed by atoms with E-state index >= 15 is 0 Å². The van der Waals surface area contributed by atoms with Gasteiger partial charge in [-0.05, 0) is 24.5 Å². The van der Waals surface area contributed by atoms with Crippen molar-refractivity contribution in [1.29, 1.82) is 0 Å². The van der Waals surface area contributed by atoms with Gasteiger partial charge in [-0.2, -0.15) is 0 Å². The van der Waals surface area contributed by atoms with Crippen molar-refractivity contribution in [2.45, 2.75) is 64.4 Å². The second kappa shape index (κ2) is 7.54. The molecule has 1 aromatic carbocycles. The van der Waals surface area contributed by atoms with E-state index in [1.165, 1.54) is 50.5 Å². The molecule has 1 N–H and O–H groups in total. The van der Waals surface area contributed by atoms with Gasteiger partial charge in [0.15, 0.2) is 0 Å². The average Bonchev–Trinajstić information content (AvgIpc) is 3.22. The lowest BCUT2D eigenvalue weighted by atomic mass is 9.98. The first kappa shape index (κ1) is 14.4. The van der Waals surface area contributed by atoms with Crippen LogP contribution in [0.25, 0.3) is 0 Å². The van der Waals surface area contributed by atoms with E-state index in [0.717, 1.165) is 18.6 Å². The summed E-state index contributed by atoms with van der Waals surface area (Å²) in [6.07, 6.45) is 10.5. The van der Waals surface area contributed by atoms with Crippen molar-refractivity contribution < 1.29 is 9.84 Å². The van der Waals surface area contributed by atoms with Gasteiger partial charge in [0.1, 0.15) is 11.9 Å². The van der Waals surface area contributed by atoms with Crippen LogP contribution in [0.2, 0.25) is 0 Å². The quantitative estimate of drug-likeness (QED) is 0.514. The van der Waals surface area contributed by atoms with Gasteiger partial charge < -0.3 is 9.84 Å². The maximum atomic E-state index is 9.92. The van der Waals surface area contributed by atoms with Gasteiger partial charge in [0.05, 0.1) is 6.61 Å². The van der Waals surface area contributed by atoms with Crippen molar-refractivity contribution in [2.75, 3.05) is 6.61 Å². The molecule has 1 heterocycles. The standard InChI is InChI=1S/C17H26O2/c1-2-3-4-5-6-7-8-10-14-11-9-12-15(18)17(14)16-13-19-16/h9,11-12,16,18H,2-8,10,13H2,1H3. The molecule has 1 aromatic rings. The molecule has 19 heavy (non-hydrogen) atoms. The lowest BCUT2D eigenvalue weighted by Gasteiger charge is -2.09. The van der Waals surface area contributed by atoms with Crippen LogP contribution in [0.15, 0.2) is 18.2 Å². The third-order valence-corrected chi connectivity index (χ3v) is 3.88. The summed E-state index contributed by atoms with van der Waals surface area (Å²) < 4.78 is 5.33. The molecule has 1 aliphatic rings. The van der Waals surface area contributed by atoms with Crippen LogP contribution < -0.4 is 0 Å². The van der Waals surface area contributed by atoms with Crippen molar-refractivity contribution in [3.8, 4) is 5.75 Å². The first-order valence-electron chi connectivity index (χ1n) is 7.75. The summed E-state index contributed by atoms with van der Waals surface area (Å²) >= 11 is 0. The highest BCUT2D eigenvalue weighted by Crippen LogP contribution is 2.38. The molecule has 1 fully saturated rings. The number of benzene rings is 1. The van der Waals surface area contributed by atoms with Crippen molar-refractivity contribution in [3.05, 3.63) is 29.3 Å². The maximum Gasteiger partial charge on any atom is 0.121 e. The van der Waals surface area contributed by atoms with Gasteiger partial charge in [-0.25, -0.2) is 0 Å². The van der Waals surface area contributed by atoms with E-state index in [4.69, 9.17) is 4.74 Å². The fraction of sp³-hybridized carbons (Fsp3) is 0.647. The topological polar surface area (TPSA) is 32.8 Å². The first-order chi connectivity index (χ1) is 9.33. The van der Waals surface area contributed by atoms with Crippen LogP contribution in [0.4, 0.5) is 0 Å². The number of unbranched alkanes of at least 4 members (excludes halogenated alkanes) is 6. The highest BCUT2D eigenvalue weighted by atomic mass is 16.6. The van der Waals surface area contributed by atoms with E-state index in [2.05, 4.69) is 13.0 Å². The monoisotopic (exact) mass is 262 g/mol. The van der Waals surface area contributed by atoms with Crippen LogP contribution in [0.5, 0.6) is 5.75 Å². The molecule has 0 aliphatic carbocycles. The number of phenols is 1. The van der Waals surface area contributed by atoms with Gasteiger partial charge in [0, 0.05) is 5.56 Å². The van der Waals surface area contributed by atoms with Crippen molar-refractivity contribution in [3.63, 3.8) is 0 Å². The predicted octanol–water partition coefficient (Wildman–Crippen LogP) is 4.76. The van der Waals surface area contributed by atoms with Gasteiger partial charge >= 0.3 is 0 Å². The van der Waals surface area contributed by atoms with Gasteiger partial charge in [-0.1, -0.05) is 57.6 Å². The summed E-state index contributed by atoms with van der Waals surface area (Å²) in [4.78, 5) is 0. The molecule has 106 valence electrons. The molecule has 2 rings (SSSR count). The van der Waals surface area contributed by atoms with Crippen LogP contribution in [-0.4, -0.2) is 11.7 Å². The SMILES string of the molecule is CCCCCCCCCc1cccc(O)c1C1CO1. The van der Waals surface area contributed by atoms with E-state index in [1.54, 1.807) is 6.07 Å². The zero-order chi connectivity index (χ0) is 13.5. The molecule has 0 bridgehead atoms. The zero-order valence-electron chi connectivity index (χ0n) is 12.0. The Morgan fingerprint density at radius 2 is 1.79 bits per heavy atom. The number of epoxide rings is 1. The van der Waals surface area contributed by atoms with Crippen LogP contribution in [0.3, 0.4) is 0 Å². The van der Waals surface area contributed by atoms with Crippen molar-refractivity contribution in [1.82, 2.24) is 0 Å². The van der Waals surface area contributed by atoms with E-state index in [9.17, 15) is 5.11 Å². The molecule has 1 saturated heterocycles. The summed E-state index contributed by atoms with van der Waals surface area (Å²) in [5.41, 5.74) is 2.31. The molecule has 0 aromatic heterocycles. The summed E-state index contributed by atoms with van der Waals surface area (Å²) in [5, 5.41) is 9.92. The highest BCUT2D eigenvalue weighted by molar-refractivity contribution is 5.42. The Balaban J connectivity index is 1.72. The van der Waals surface area contributed by atoms with Gasteiger partial charge in [0.2, 0.25) is 0 Å². The summed E-state index contributed by atoms with van der Waals surface area (Å²) in [6, 6.07) is 5.84. The fourth-order valence-corrected chi connectivity index (χ4v) is 2.68.